The minimum absolute atomic E-state index is 0.187. The fourth-order valence-electron chi connectivity index (χ4n) is 9.88. The van der Waals surface area contributed by atoms with E-state index in [-0.39, 0.29) is 18.2 Å². The molecule has 17 nitrogen and oxygen atoms in total. The first-order valence-electron chi connectivity index (χ1n) is 23.2. The molecule has 4 aliphatic heterocycles. The maximum absolute atomic E-state index is 13.2. The van der Waals surface area contributed by atoms with Gasteiger partial charge in [-0.1, -0.05) is 25.1 Å². The highest BCUT2D eigenvalue weighted by atomic mass is 31.2. The third kappa shape index (κ3) is 9.60. The van der Waals surface area contributed by atoms with E-state index in [2.05, 4.69) is 59.9 Å². The van der Waals surface area contributed by atoms with Crippen LogP contribution >= 0.6 is 7.14 Å². The van der Waals surface area contributed by atoms with Gasteiger partial charge in [0.25, 0.3) is 5.91 Å². The van der Waals surface area contributed by atoms with Gasteiger partial charge in [0, 0.05) is 79.9 Å². The van der Waals surface area contributed by atoms with Crippen molar-refractivity contribution in [2.45, 2.75) is 70.5 Å². The van der Waals surface area contributed by atoms with E-state index in [9.17, 15) is 18.9 Å². The monoisotopic (exact) mass is 917 g/mol. The number of aromatic nitrogens is 4. The molecule has 3 amide bonds. The standard InChI is InChI=1S/C48H60N11O6P/c1-5-31-27-37(51-48-53-44(34-29-49-55-45(34)54-48)50-36-12-6-7-14-42(36)66(3,4)63)41(64-2)28-39(31)58-20-17-32(18-21-58)57-24-22-56(23-25-57)19-8-9-26-65-40-13-10-11-33-35(40)30-59(47(33)62)38-15-16-43(60)52-46(38)61/h6-7,10-14,27-29,32,38H,5,8-9,15-26,30H2,1-4H3,(H,52,60,61)(H3,49,50,51,53,54,55). The van der Waals surface area contributed by atoms with Crippen molar-refractivity contribution >= 4 is 70.0 Å². The molecule has 0 bridgehead atoms. The number of hydrogen-bond donors (Lipinski definition) is 4. The molecular weight excluding hydrogens is 858 g/mol. The summed E-state index contributed by atoms with van der Waals surface area (Å²) in [7, 11) is -0.879. The molecule has 0 spiro atoms. The zero-order valence-electron chi connectivity index (χ0n) is 38.3. The molecule has 2 aromatic heterocycles. The number of nitrogens with one attached hydrogen (secondary N) is 4. The summed E-state index contributed by atoms with van der Waals surface area (Å²) in [5.74, 6) is 1.43. The third-order valence-electron chi connectivity index (χ3n) is 13.5. The summed E-state index contributed by atoms with van der Waals surface area (Å²) < 4.78 is 25.3. The Labute approximate surface area is 385 Å². The number of hydrogen-bond acceptors (Lipinski definition) is 14. The number of aryl methyl sites for hydroxylation is 1. The van der Waals surface area contributed by atoms with Crippen LogP contribution in [0.2, 0.25) is 0 Å². The molecule has 4 aliphatic rings. The Bertz CT molecular complexity index is 2650. The molecule has 3 saturated heterocycles. The lowest BCUT2D eigenvalue weighted by atomic mass is 9.99. The smallest absolute Gasteiger partial charge is 0.255 e. The minimum Gasteiger partial charge on any atom is -0.494 e. The van der Waals surface area contributed by atoms with E-state index in [0.717, 1.165) is 106 Å². The van der Waals surface area contributed by atoms with E-state index in [4.69, 9.17) is 19.4 Å². The van der Waals surface area contributed by atoms with E-state index in [1.165, 1.54) is 11.3 Å². The maximum atomic E-state index is 13.2. The van der Waals surface area contributed by atoms with Crippen LogP contribution in [0.15, 0.2) is 60.8 Å². The average Bonchev–Trinajstić information content (AvgIpc) is 3.93. The van der Waals surface area contributed by atoms with Gasteiger partial charge in [-0.25, -0.2) is 0 Å². The van der Waals surface area contributed by atoms with E-state index in [1.807, 2.05) is 36.4 Å². The first-order chi connectivity index (χ1) is 32.0. The van der Waals surface area contributed by atoms with Crippen LogP contribution < -0.4 is 35.6 Å². The number of piperazine rings is 1. The SMILES string of the molecule is CCc1cc(Nc2nc(Nc3ccccc3P(C)(C)=O)c3cn[nH]c3n2)c(OC)cc1N1CCC(N2CCN(CCCCOc3cccc4c3CN(C3CCC(=O)NC3=O)C4=O)CC2)CC1. The molecule has 1 atom stereocenters. The van der Waals surface area contributed by atoms with Gasteiger partial charge in [-0.3, -0.25) is 29.7 Å². The number of nitrogens with zero attached hydrogens (tertiary/aromatic N) is 7. The lowest BCUT2D eigenvalue weighted by molar-refractivity contribution is -0.136. The van der Waals surface area contributed by atoms with Gasteiger partial charge in [-0.2, -0.15) is 15.1 Å². The Morgan fingerprint density at radius 2 is 1.68 bits per heavy atom. The number of fused-ring (bicyclic) bond motifs is 2. The molecule has 9 rings (SSSR count). The summed E-state index contributed by atoms with van der Waals surface area (Å²) >= 11 is 0. The van der Waals surface area contributed by atoms with Gasteiger partial charge in [0.2, 0.25) is 17.8 Å². The number of anilines is 5. The Hall–Kier alpha value is -6.03. The second-order valence-electron chi connectivity index (χ2n) is 18.0. The van der Waals surface area contributed by atoms with Crippen LogP contribution in [0.4, 0.5) is 28.8 Å². The second-order valence-corrected chi connectivity index (χ2v) is 21.2. The number of piperidine rings is 2. The fourth-order valence-corrected chi connectivity index (χ4v) is 11.0. The molecule has 3 fully saturated rings. The van der Waals surface area contributed by atoms with Crippen molar-refractivity contribution in [1.82, 2.24) is 40.2 Å². The van der Waals surface area contributed by atoms with Gasteiger partial charge in [-0.05, 0) is 94.3 Å². The summed E-state index contributed by atoms with van der Waals surface area (Å²) in [6.45, 7) is 13.8. The van der Waals surface area contributed by atoms with Gasteiger partial charge >= 0.3 is 0 Å². The van der Waals surface area contributed by atoms with Gasteiger partial charge in [0.15, 0.2) is 5.65 Å². The second kappa shape index (κ2) is 19.4. The number of unbranched alkanes of at least 4 members (excludes halogenated alkanes) is 1. The molecule has 66 heavy (non-hydrogen) atoms. The number of carbonyl (C=O) groups is 3. The number of aromatic amines is 1. The van der Waals surface area contributed by atoms with E-state index < -0.39 is 19.1 Å². The van der Waals surface area contributed by atoms with Crippen LogP contribution in [0.1, 0.15) is 66.9 Å². The topological polar surface area (TPSA) is 190 Å². The molecule has 0 radical (unpaired) electrons. The molecule has 0 saturated carbocycles. The van der Waals surface area contributed by atoms with Crippen molar-refractivity contribution in [3.63, 3.8) is 0 Å². The molecule has 5 aromatic rings. The Balaban J connectivity index is 0.748. The molecule has 3 aromatic carbocycles. The van der Waals surface area contributed by atoms with Gasteiger partial charge in [0.05, 0.1) is 43.2 Å². The highest BCUT2D eigenvalue weighted by molar-refractivity contribution is 7.70. The first kappa shape index (κ1) is 45.1. The molecular formula is C48H60N11O6P. The molecule has 6 heterocycles. The van der Waals surface area contributed by atoms with Crippen LogP contribution in [0, 0.1) is 0 Å². The lowest BCUT2D eigenvalue weighted by Gasteiger charge is -2.43. The minimum atomic E-state index is -2.57. The van der Waals surface area contributed by atoms with Crippen LogP contribution in [0.3, 0.4) is 0 Å². The summed E-state index contributed by atoms with van der Waals surface area (Å²) in [6.07, 6.45) is 7.23. The quantitative estimate of drug-likeness (QED) is 0.0523. The van der Waals surface area contributed by atoms with E-state index in [1.54, 1.807) is 37.6 Å². The highest BCUT2D eigenvalue weighted by Gasteiger charge is 2.40. The zero-order valence-corrected chi connectivity index (χ0v) is 39.2. The van der Waals surface area contributed by atoms with Crippen molar-refractivity contribution in [1.29, 1.82) is 0 Å². The van der Waals surface area contributed by atoms with Crippen LogP contribution in [-0.2, 0) is 27.1 Å². The number of methoxy groups -OCH3 is 1. The van der Waals surface area contributed by atoms with Gasteiger partial charge < -0.3 is 39.4 Å². The van der Waals surface area contributed by atoms with Crippen LogP contribution in [-0.4, -0.2) is 138 Å². The highest BCUT2D eigenvalue weighted by Crippen LogP contribution is 2.40. The number of para-hydroxylation sites is 1. The average molecular weight is 918 g/mol. The third-order valence-corrected chi connectivity index (χ3v) is 15.0. The predicted molar refractivity (Wildman–Crippen MR) is 257 cm³/mol. The van der Waals surface area contributed by atoms with Crippen molar-refractivity contribution in [3.05, 3.63) is 77.5 Å². The predicted octanol–water partition coefficient (Wildman–Crippen LogP) is 5.87. The number of benzene rings is 3. The number of H-pyrrole nitrogens is 1. The van der Waals surface area contributed by atoms with Gasteiger partial charge in [0.1, 0.15) is 30.5 Å². The molecule has 348 valence electrons. The van der Waals surface area contributed by atoms with E-state index >= 15 is 0 Å². The van der Waals surface area contributed by atoms with Crippen molar-refractivity contribution in [2.75, 3.05) is 88.4 Å². The number of ether oxygens (including phenoxy) is 2. The Morgan fingerprint density at radius 3 is 2.44 bits per heavy atom. The summed E-state index contributed by atoms with van der Waals surface area (Å²) in [5.41, 5.74) is 5.86. The normalized spacial score (nSPS) is 18.7. The van der Waals surface area contributed by atoms with Gasteiger partial charge in [-0.15, -0.1) is 0 Å². The molecule has 0 aliphatic carbocycles. The number of rotatable bonds is 16. The summed E-state index contributed by atoms with van der Waals surface area (Å²) in [6, 6.07) is 17.3. The lowest BCUT2D eigenvalue weighted by Crippen LogP contribution is -2.53. The maximum Gasteiger partial charge on any atom is 0.255 e. The Morgan fingerprint density at radius 1 is 0.879 bits per heavy atom. The molecule has 1 unspecified atom stereocenters. The largest absolute Gasteiger partial charge is 0.494 e. The summed E-state index contributed by atoms with van der Waals surface area (Å²) in [4.78, 5) is 56.2. The summed E-state index contributed by atoms with van der Waals surface area (Å²) in [5, 5.41) is 17.9. The van der Waals surface area contributed by atoms with Crippen LogP contribution in [0.5, 0.6) is 11.5 Å². The van der Waals surface area contributed by atoms with Crippen molar-refractivity contribution in [2.24, 2.45) is 0 Å². The van der Waals surface area contributed by atoms with Crippen molar-refractivity contribution < 1.29 is 28.4 Å². The number of carbonyl (C=O) groups excluding carboxylic acids is 3. The van der Waals surface area contributed by atoms with E-state index in [0.29, 0.717) is 60.1 Å². The first-order valence-corrected chi connectivity index (χ1v) is 25.8. The van der Waals surface area contributed by atoms with Crippen LogP contribution in [0.25, 0.3) is 11.0 Å². The number of imide groups is 1. The molecule has 4 N–H and O–H groups in total. The fraction of sp³-hybridized carbons (Fsp3) is 0.458. The zero-order chi connectivity index (χ0) is 46.0. The molecule has 18 heteroatoms. The number of amides is 3. The Kier molecular flexibility index (Phi) is 13.3. The van der Waals surface area contributed by atoms with Crippen molar-refractivity contribution in [3.8, 4) is 11.5 Å².